The van der Waals surface area contributed by atoms with Crippen LogP contribution < -0.4 is 20.9 Å². The molecule has 3 aromatic rings. The number of hydrogen-bond donors (Lipinski definition) is 6. The summed E-state index contributed by atoms with van der Waals surface area (Å²) in [4.78, 5) is 50.6. The number of aromatic amines is 1. The summed E-state index contributed by atoms with van der Waals surface area (Å²) >= 11 is 0. The molecule has 4 rings (SSSR count). The summed E-state index contributed by atoms with van der Waals surface area (Å²) in [6, 6.07) is 10.5. The van der Waals surface area contributed by atoms with Gasteiger partial charge in [0.25, 0.3) is 5.91 Å². The first-order valence-corrected chi connectivity index (χ1v) is 20.6. The van der Waals surface area contributed by atoms with Crippen molar-refractivity contribution < 1.29 is 24.6 Å². The van der Waals surface area contributed by atoms with E-state index in [2.05, 4.69) is 51.6 Å². The average molecular weight is 760 g/mol. The number of benzene rings is 1. The van der Waals surface area contributed by atoms with Crippen molar-refractivity contribution >= 4 is 45.8 Å². The van der Waals surface area contributed by atoms with Gasteiger partial charge in [-0.2, -0.15) is 0 Å². The molecule has 0 saturated carbocycles. The zero-order valence-electron chi connectivity index (χ0n) is 33.3. The Kier molecular flexibility index (Phi) is 18.5. The molecule has 0 radical (unpaired) electrons. The molecular formula is C43H65N7O5. The molecule has 55 heavy (non-hydrogen) atoms. The van der Waals surface area contributed by atoms with Gasteiger partial charge in [-0.3, -0.25) is 14.4 Å². The van der Waals surface area contributed by atoms with Crippen LogP contribution in [-0.4, -0.2) is 93.8 Å². The fraction of sp³-hybridized carbons (Fsp3) is 0.581. The molecule has 12 nitrogen and oxygen atoms in total. The molecule has 1 fully saturated rings. The number of carbonyl (C=O) groups is 3. The van der Waals surface area contributed by atoms with Crippen molar-refractivity contribution in [3.63, 3.8) is 0 Å². The highest BCUT2D eigenvalue weighted by atomic mass is 16.3. The molecule has 0 bridgehead atoms. The number of fused-ring (bicyclic) bond motifs is 1. The highest BCUT2D eigenvalue weighted by molar-refractivity contribution is 6.00. The number of unbranched alkanes of at least 4 members (excludes halogenated alkanes) is 11. The van der Waals surface area contributed by atoms with Crippen LogP contribution in [0.4, 0.5) is 17.2 Å². The summed E-state index contributed by atoms with van der Waals surface area (Å²) in [6.07, 6.45) is 19.0. The number of rotatable bonds is 24. The number of amides is 3. The molecule has 1 aromatic carbocycles. The zero-order valence-corrected chi connectivity index (χ0v) is 33.3. The number of aliphatic hydroxyl groups is 2. The standard InChI is InChI=1S/C43H65N7O5/c1-4-5-6-7-8-9-10-11-12-13-14-15-16-19-39(52)38(31-51)48-41(54)23-22-40(53)46-34-20-21-35-33(29-34)30-37(47-35)43(55)50-27-25-49(26-28-50)42-36(45-32(2)3)18-17-24-44-42/h16-21,24,29-30,32,38-39,45,47,51-52H,4-15,22-23,25-28,31H2,1-3H3,(H,46,53)(H,48,54)/b19-16+/t38?,39-/m1/s1. The predicted molar refractivity (Wildman–Crippen MR) is 223 cm³/mol. The van der Waals surface area contributed by atoms with Gasteiger partial charge in [-0.15, -0.1) is 0 Å². The Morgan fingerprint density at radius 1 is 0.891 bits per heavy atom. The third-order valence-electron chi connectivity index (χ3n) is 10.1. The zero-order chi connectivity index (χ0) is 39.4. The lowest BCUT2D eigenvalue weighted by molar-refractivity contribution is -0.125. The van der Waals surface area contributed by atoms with E-state index in [1.807, 2.05) is 29.2 Å². The van der Waals surface area contributed by atoms with Crippen molar-refractivity contribution in [2.24, 2.45) is 0 Å². The second-order valence-electron chi connectivity index (χ2n) is 15.1. The van der Waals surface area contributed by atoms with Gasteiger partial charge in [0.2, 0.25) is 11.8 Å². The highest BCUT2D eigenvalue weighted by Gasteiger charge is 2.25. The van der Waals surface area contributed by atoms with Crippen molar-refractivity contribution in [3.05, 3.63) is 60.4 Å². The smallest absolute Gasteiger partial charge is 0.270 e. The number of anilines is 3. The second-order valence-corrected chi connectivity index (χ2v) is 15.1. The predicted octanol–water partition coefficient (Wildman–Crippen LogP) is 7.16. The molecule has 3 heterocycles. The molecule has 2 aromatic heterocycles. The van der Waals surface area contributed by atoms with E-state index in [0.717, 1.165) is 41.7 Å². The molecule has 6 N–H and O–H groups in total. The summed E-state index contributed by atoms with van der Waals surface area (Å²) in [6.45, 7) is 8.48. The van der Waals surface area contributed by atoms with Gasteiger partial charge in [-0.25, -0.2) is 4.98 Å². The van der Waals surface area contributed by atoms with E-state index in [9.17, 15) is 24.6 Å². The quantitative estimate of drug-likeness (QED) is 0.0414. The van der Waals surface area contributed by atoms with Crippen LogP contribution in [0.15, 0.2) is 54.7 Å². The largest absolute Gasteiger partial charge is 0.394 e. The van der Waals surface area contributed by atoms with Gasteiger partial charge in [0, 0.05) is 67.8 Å². The van der Waals surface area contributed by atoms with E-state index >= 15 is 0 Å². The third-order valence-corrected chi connectivity index (χ3v) is 10.1. The fourth-order valence-corrected chi connectivity index (χ4v) is 6.95. The highest BCUT2D eigenvalue weighted by Crippen LogP contribution is 2.26. The molecule has 1 aliphatic heterocycles. The van der Waals surface area contributed by atoms with Crippen LogP contribution in [0, 0.1) is 0 Å². The normalized spacial score (nSPS) is 14.4. The van der Waals surface area contributed by atoms with Crippen LogP contribution in [-0.2, 0) is 9.59 Å². The maximum Gasteiger partial charge on any atom is 0.270 e. The minimum absolute atomic E-state index is 0.0663. The number of nitrogens with one attached hydrogen (secondary N) is 4. The second kappa shape index (κ2) is 23.5. The molecule has 2 atom stereocenters. The SMILES string of the molecule is CCCCCCCCCCCCC/C=C/[C@@H](O)C(CO)NC(=O)CCC(=O)Nc1ccc2[nH]c(C(=O)N3CCN(c4ncccc4NC(C)C)CC3)cc2c1. The molecule has 1 unspecified atom stereocenters. The number of nitrogens with zero attached hydrogens (tertiary/aromatic N) is 3. The van der Waals surface area contributed by atoms with E-state index in [-0.39, 0.29) is 30.7 Å². The summed E-state index contributed by atoms with van der Waals surface area (Å²) in [5.74, 6) is 0.0434. The van der Waals surface area contributed by atoms with E-state index in [4.69, 9.17) is 0 Å². The molecule has 0 aliphatic carbocycles. The first kappa shape index (κ1) is 43.3. The van der Waals surface area contributed by atoms with E-state index < -0.39 is 24.7 Å². The Bertz CT molecular complexity index is 1650. The van der Waals surface area contributed by atoms with Crippen molar-refractivity contribution in [1.82, 2.24) is 20.2 Å². The van der Waals surface area contributed by atoms with E-state index in [1.54, 1.807) is 30.5 Å². The topological polar surface area (TPSA) is 163 Å². The van der Waals surface area contributed by atoms with Crippen LogP contribution in [0.25, 0.3) is 10.9 Å². The van der Waals surface area contributed by atoms with Crippen LogP contribution in [0.2, 0.25) is 0 Å². The third kappa shape index (κ3) is 14.6. The molecule has 1 saturated heterocycles. The van der Waals surface area contributed by atoms with E-state index in [1.165, 1.54) is 57.8 Å². The summed E-state index contributed by atoms with van der Waals surface area (Å²) in [5.41, 5.74) is 2.79. The molecule has 12 heteroatoms. The first-order valence-electron chi connectivity index (χ1n) is 20.6. The molecule has 1 aliphatic rings. The Balaban J connectivity index is 1.14. The number of pyridine rings is 1. The number of aliphatic hydroxyl groups excluding tert-OH is 2. The van der Waals surface area contributed by atoms with Crippen molar-refractivity contribution in [1.29, 1.82) is 0 Å². The number of allylic oxidation sites excluding steroid dienone is 1. The molecule has 302 valence electrons. The van der Waals surface area contributed by atoms with Gasteiger partial charge in [0.1, 0.15) is 5.69 Å². The lowest BCUT2D eigenvalue weighted by Gasteiger charge is -2.36. The summed E-state index contributed by atoms with van der Waals surface area (Å²) < 4.78 is 0. The molecule has 3 amide bonds. The van der Waals surface area contributed by atoms with Crippen LogP contribution in [0.5, 0.6) is 0 Å². The number of carbonyl (C=O) groups excluding carboxylic acids is 3. The fourth-order valence-electron chi connectivity index (χ4n) is 6.95. The monoisotopic (exact) mass is 760 g/mol. The van der Waals surface area contributed by atoms with Gasteiger partial charge in [0.15, 0.2) is 5.82 Å². The number of piperazine rings is 1. The van der Waals surface area contributed by atoms with Gasteiger partial charge in [-0.1, -0.05) is 83.3 Å². The minimum Gasteiger partial charge on any atom is -0.394 e. The van der Waals surface area contributed by atoms with Crippen LogP contribution in [0.1, 0.15) is 121 Å². The van der Waals surface area contributed by atoms with Crippen molar-refractivity contribution in [2.45, 2.75) is 129 Å². The van der Waals surface area contributed by atoms with Crippen molar-refractivity contribution in [2.75, 3.05) is 48.3 Å². The van der Waals surface area contributed by atoms with Crippen molar-refractivity contribution in [3.8, 4) is 0 Å². The van der Waals surface area contributed by atoms with Crippen LogP contribution in [0.3, 0.4) is 0 Å². The van der Waals surface area contributed by atoms with Gasteiger partial charge in [0.05, 0.1) is 24.4 Å². The van der Waals surface area contributed by atoms with Gasteiger partial charge >= 0.3 is 0 Å². The maximum atomic E-state index is 13.4. The first-order chi connectivity index (χ1) is 26.7. The number of hydrogen-bond acceptors (Lipinski definition) is 8. The summed E-state index contributed by atoms with van der Waals surface area (Å²) in [7, 11) is 0. The molecular weight excluding hydrogens is 695 g/mol. The Hall–Kier alpha value is -4.42. The number of aromatic nitrogens is 2. The lowest BCUT2D eigenvalue weighted by Crippen LogP contribution is -2.49. The molecule has 0 spiro atoms. The Morgan fingerprint density at radius 2 is 1.56 bits per heavy atom. The average Bonchev–Trinajstić information content (AvgIpc) is 3.61. The maximum absolute atomic E-state index is 13.4. The minimum atomic E-state index is -1.02. The number of H-pyrrole nitrogens is 1. The Morgan fingerprint density at radius 3 is 2.24 bits per heavy atom. The van der Waals surface area contributed by atoms with Gasteiger partial charge in [-0.05, 0) is 63.1 Å². The summed E-state index contributed by atoms with van der Waals surface area (Å²) in [5, 5.41) is 30.0. The van der Waals surface area contributed by atoms with E-state index in [0.29, 0.717) is 37.6 Å². The van der Waals surface area contributed by atoms with Crippen LogP contribution >= 0.6 is 0 Å². The Labute approximate surface area is 327 Å². The lowest BCUT2D eigenvalue weighted by atomic mass is 10.0. The van der Waals surface area contributed by atoms with Gasteiger partial charge < -0.3 is 40.9 Å².